The lowest BCUT2D eigenvalue weighted by Crippen LogP contribution is -2.11. The lowest BCUT2D eigenvalue weighted by molar-refractivity contribution is 0.303. The van der Waals surface area contributed by atoms with E-state index in [0.29, 0.717) is 0 Å². The van der Waals surface area contributed by atoms with Crippen LogP contribution in [0.1, 0.15) is 256 Å². The Hall–Kier alpha value is -0.560. The summed E-state index contributed by atoms with van der Waals surface area (Å²) in [4.78, 5) is 0. The predicted molar refractivity (Wildman–Crippen MR) is 291 cm³/mol. The van der Waals surface area contributed by atoms with Crippen LogP contribution < -0.4 is 9.47 Å². The lowest BCUT2D eigenvalue weighted by Gasteiger charge is -2.21. The first-order valence-electron chi connectivity index (χ1n) is 25.4. The van der Waals surface area contributed by atoms with Gasteiger partial charge >= 0.3 is 0 Å². The van der Waals surface area contributed by atoms with Crippen LogP contribution in [0.15, 0.2) is 43.2 Å². The fourth-order valence-electron chi connectivity index (χ4n) is 8.27. The van der Waals surface area contributed by atoms with Gasteiger partial charge in [-0.15, -0.1) is 0 Å². The Morgan fingerprint density at radius 1 is 0.355 bits per heavy atom. The zero-order chi connectivity index (χ0) is 45.3. The number of unbranched alkanes of at least 4 members (excludes halogenated alkanes) is 29. The molecule has 0 saturated heterocycles. The van der Waals surface area contributed by atoms with Crippen molar-refractivity contribution in [1.82, 2.24) is 0 Å². The van der Waals surface area contributed by atoms with Crippen LogP contribution in [0, 0.1) is 0 Å². The molecule has 0 spiro atoms. The second-order valence-electron chi connectivity index (χ2n) is 20.2. The molecule has 6 heteroatoms. The van der Waals surface area contributed by atoms with Crippen molar-refractivity contribution >= 4 is 75.9 Å². The molecule has 0 N–H and O–H groups in total. The van der Waals surface area contributed by atoms with Crippen LogP contribution in [0.25, 0.3) is 12.2 Å². The zero-order valence-corrected chi connectivity index (χ0v) is 46.9. The third-order valence-corrected chi connectivity index (χ3v) is 13.3. The van der Waals surface area contributed by atoms with E-state index in [9.17, 15) is 0 Å². The highest BCUT2D eigenvalue weighted by Gasteiger charge is 2.17. The maximum absolute atomic E-state index is 6.20. The van der Waals surface area contributed by atoms with Gasteiger partial charge in [-0.25, -0.2) is 0 Å². The van der Waals surface area contributed by atoms with Crippen molar-refractivity contribution in [2.75, 3.05) is 13.2 Å². The minimum absolute atomic E-state index is 0.123. The minimum Gasteiger partial charge on any atom is -0.493 e. The first-order chi connectivity index (χ1) is 29.8. The molecule has 354 valence electrons. The Morgan fingerprint density at radius 3 is 0.758 bits per heavy atom. The summed E-state index contributed by atoms with van der Waals surface area (Å²) in [6, 6.07) is 13.2. The molecule has 2 nitrogen and oxygen atoms in total. The summed E-state index contributed by atoms with van der Waals surface area (Å²) in [6.07, 6.45) is 46.1. The van der Waals surface area contributed by atoms with Crippen LogP contribution in [-0.2, 0) is 10.8 Å². The molecule has 0 aliphatic heterocycles. The van der Waals surface area contributed by atoms with Gasteiger partial charge in [0.1, 0.15) is 11.5 Å². The number of ether oxygens (including phenoxy) is 2. The predicted octanol–water partition coefficient (Wildman–Crippen LogP) is 21.6. The zero-order valence-electron chi connectivity index (χ0n) is 40.6. The average Bonchev–Trinajstić information content (AvgIpc) is 3.20. The summed E-state index contributed by atoms with van der Waals surface area (Å²) < 4.78 is 14.3. The fourth-order valence-corrected chi connectivity index (χ4v) is 9.26. The van der Waals surface area contributed by atoms with Crippen molar-refractivity contribution in [2.45, 2.75) is 245 Å². The smallest absolute Gasteiger partial charge is 0.126 e. The van der Waals surface area contributed by atoms with E-state index in [1.807, 2.05) is 0 Å². The summed E-state index contributed by atoms with van der Waals surface area (Å²) in [5.74, 6) is 1.95. The van der Waals surface area contributed by atoms with E-state index in [1.54, 1.807) is 0 Å². The van der Waals surface area contributed by atoms with Gasteiger partial charge in [0, 0.05) is 11.1 Å². The maximum atomic E-state index is 6.20. The molecule has 2 rings (SSSR count). The second-order valence-corrected chi connectivity index (χ2v) is 25.7. The van der Waals surface area contributed by atoms with Crippen molar-refractivity contribution < 1.29 is 9.47 Å². The quantitative estimate of drug-likeness (QED) is 0.0628. The van der Waals surface area contributed by atoms with Crippen molar-refractivity contribution in [3.05, 3.63) is 65.4 Å². The lowest BCUT2D eigenvalue weighted by atomic mass is 9.86. The number of hydrogen-bond acceptors (Lipinski definition) is 2. The van der Waals surface area contributed by atoms with Gasteiger partial charge in [-0.1, -0.05) is 233 Å². The van der Waals surface area contributed by atoms with Gasteiger partial charge in [0.25, 0.3) is 0 Å². The number of halogens is 4. The van der Waals surface area contributed by atoms with E-state index in [4.69, 9.17) is 9.47 Å². The Bertz CT molecular complexity index is 1360. The minimum atomic E-state index is 0.123. The molecule has 0 atom stereocenters. The topological polar surface area (TPSA) is 18.5 Å². The van der Waals surface area contributed by atoms with Crippen LogP contribution in [0.5, 0.6) is 11.5 Å². The van der Waals surface area contributed by atoms with E-state index in [2.05, 4.69) is 154 Å². The number of hydrogen-bond donors (Lipinski definition) is 0. The largest absolute Gasteiger partial charge is 0.493 e. The average molecular weight is 1110 g/mol. The molecular formula is C56H90Br4O2. The maximum Gasteiger partial charge on any atom is 0.126 e. The molecule has 0 aliphatic carbocycles. The molecule has 0 saturated carbocycles. The highest BCUT2D eigenvalue weighted by atomic mass is 79.9. The van der Waals surface area contributed by atoms with Gasteiger partial charge in [-0.2, -0.15) is 0 Å². The highest BCUT2D eigenvalue weighted by Crippen LogP contribution is 2.33. The molecule has 2 aromatic carbocycles. The first kappa shape index (κ1) is 57.6. The van der Waals surface area contributed by atoms with Crippen LogP contribution >= 0.6 is 63.7 Å². The molecule has 0 heterocycles. The fraction of sp³-hybridized carbons (Fsp3) is 0.714. The number of benzene rings is 2. The molecule has 0 aliphatic rings. The Labute approximate surface area is 417 Å². The van der Waals surface area contributed by atoms with Gasteiger partial charge in [0.15, 0.2) is 0 Å². The van der Waals surface area contributed by atoms with Gasteiger partial charge in [0.2, 0.25) is 0 Å². The molecular weight excluding hydrogens is 1020 g/mol. The van der Waals surface area contributed by atoms with Gasteiger partial charge in [-0.3, -0.25) is 0 Å². The normalized spacial score (nSPS) is 11.8. The summed E-state index contributed by atoms with van der Waals surface area (Å²) in [6.45, 7) is 15.1. The molecule has 62 heavy (non-hydrogen) atoms. The highest BCUT2D eigenvalue weighted by molar-refractivity contribution is 9.28. The van der Waals surface area contributed by atoms with Gasteiger partial charge in [-0.05, 0) is 135 Å². The molecule has 0 radical (unpaired) electrons. The second kappa shape index (κ2) is 35.6. The summed E-state index contributed by atoms with van der Waals surface area (Å²) >= 11 is 14.1. The van der Waals surface area contributed by atoms with Gasteiger partial charge < -0.3 is 9.47 Å². The van der Waals surface area contributed by atoms with E-state index in [1.165, 1.54) is 191 Å². The van der Waals surface area contributed by atoms with Crippen LogP contribution in [0.3, 0.4) is 0 Å². The monoisotopic (exact) mass is 1110 g/mol. The standard InChI is InChI=1S/C56H90Br4O2/c1-55(2,3)49-37-39-51(47(43-49)45-53(57)58)61-41-35-33-31-29-27-25-23-21-19-17-15-13-11-9-7-8-10-12-14-16-18-20-22-24-26-28-30-32-34-36-42-62-52-40-38-50(56(4,5)6)44-48(52)46-54(59)60/h37-40,43-46H,7-36,41-42H2,1-6H3. The molecule has 0 amide bonds. The van der Waals surface area contributed by atoms with Gasteiger partial charge in [0.05, 0.1) is 20.0 Å². The third-order valence-electron chi connectivity index (χ3n) is 12.3. The molecule has 0 unspecified atom stereocenters. The van der Waals surface area contributed by atoms with Crippen molar-refractivity contribution in [3.63, 3.8) is 0 Å². The molecule has 0 fully saturated rings. The van der Waals surface area contributed by atoms with E-state index < -0.39 is 0 Å². The van der Waals surface area contributed by atoms with E-state index >= 15 is 0 Å². The molecule has 0 aromatic heterocycles. The van der Waals surface area contributed by atoms with Crippen LogP contribution in [0.2, 0.25) is 0 Å². The van der Waals surface area contributed by atoms with Crippen LogP contribution in [-0.4, -0.2) is 13.2 Å². The van der Waals surface area contributed by atoms with Crippen molar-refractivity contribution in [1.29, 1.82) is 0 Å². The third kappa shape index (κ3) is 29.9. The Kier molecular flexibility index (Phi) is 33.1. The van der Waals surface area contributed by atoms with E-state index in [-0.39, 0.29) is 10.8 Å². The molecule has 0 bridgehead atoms. The SMILES string of the molecule is CC(C)(C)c1ccc(OCCCCCCCCCCCCCCCCCCCCCCCCCCCCCCCCOc2ccc(C(C)(C)C)cc2C=C(Br)Br)c(C=C(Br)Br)c1. The Morgan fingerprint density at radius 2 is 0.565 bits per heavy atom. The van der Waals surface area contributed by atoms with Crippen molar-refractivity contribution in [2.24, 2.45) is 0 Å². The number of rotatable bonds is 37. The summed E-state index contributed by atoms with van der Waals surface area (Å²) in [5.41, 5.74) is 5.15. The van der Waals surface area contributed by atoms with E-state index in [0.717, 1.165) is 55.5 Å². The molecule has 2 aromatic rings. The summed E-state index contributed by atoms with van der Waals surface area (Å²) in [5, 5.41) is 0. The van der Waals surface area contributed by atoms with Crippen molar-refractivity contribution in [3.8, 4) is 11.5 Å². The summed E-state index contributed by atoms with van der Waals surface area (Å²) in [7, 11) is 0. The first-order valence-corrected chi connectivity index (χ1v) is 28.5. The Balaban J connectivity index is 1.26. The van der Waals surface area contributed by atoms with Crippen LogP contribution in [0.4, 0.5) is 0 Å².